The Morgan fingerprint density at radius 3 is 3.13 bits per heavy atom. The second-order valence-corrected chi connectivity index (χ2v) is 4.25. The lowest BCUT2D eigenvalue weighted by Crippen LogP contribution is -2.39. The molecule has 6 nitrogen and oxygen atoms in total. The highest BCUT2D eigenvalue weighted by Gasteiger charge is 2.34. The van der Waals surface area contributed by atoms with Gasteiger partial charge in [0.15, 0.2) is 0 Å². The van der Waals surface area contributed by atoms with Crippen molar-refractivity contribution in [1.82, 2.24) is 9.36 Å². The van der Waals surface area contributed by atoms with Gasteiger partial charge in [0, 0.05) is 38.2 Å². The number of nitrogens with two attached hydrogens (primary N) is 1. The highest BCUT2D eigenvalue weighted by atomic mass is 32.1. The van der Waals surface area contributed by atoms with Crippen molar-refractivity contribution >= 4 is 22.6 Å². The molecule has 1 aromatic heterocycles. The van der Waals surface area contributed by atoms with Crippen molar-refractivity contribution in [1.29, 1.82) is 0 Å². The first-order valence-electron chi connectivity index (χ1n) is 4.70. The maximum Gasteiger partial charge on any atom is 0.233 e. The quantitative estimate of drug-likeness (QED) is 0.776. The molecule has 1 aromatic rings. The molecule has 7 heteroatoms. The van der Waals surface area contributed by atoms with Crippen LogP contribution in [-0.4, -0.2) is 41.8 Å². The summed E-state index contributed by atoms with van der Waals surface area (Å²) in [5.41, 5.74) is 5.18. The van der Waals surface area contributed by atoms with Crippen LogP contribution < -0.4 is 11.1 Å². The lowest BCUT2D eigenvalue weighted by molar-refractivity contribution is -0.00620. The van der Waals surface area contributed by atoms with E-state index in [1.807, 2.05) is 0 Å². The van der Waals surface area contributed by atoms with Gasteiger partial charge >= 0.3 is 0 Å². The van der Waals surface area contributed by atoms with E-state index in [1.54, 1.807) is 7.11 Å². The molecular formula is C8H14N4O2S. The van der Waals surface area contributed by atoms with E-state index >= 15 is 0 Å². The van der Waals surface area contributed by atoms with Crippen molar-refractivity contribution in [3.8, 4) is 0 Å². The fourth-order valence-corrected chi connectivity index (χ4v) is 2.00. The van der Waals surface area contributed by atoms with E-state index in [2.05, 4.69) is 14.7 Å². The standard InChI is InChI=1S/C8H14N4O2S/c1-13-8(2-3-14-5-8)4-10-7-11-6(9)12-15-7/h2-5H2,1H3,(H3,9,10,11,12). The minimum absolute atomic E-state index is 0.236. The van der Waals surface area contributed by atoms with Crippen molar-refractivity contribution in [3.05, 3.63) is 0 Å². The van der Waals surface area contributed by atoms with Crippen LogP contribution in [0, 0.1) is 0 Å². The molecule has 15 heavy (non-hydrogen) atoms. The van der Waals surface area contributed by atoms with Crippen LogP contribution in [0.3, 0.4) is 0 Å². The van der Waals surface area contributed by atoms with Gasteiger partial charge in [-0.2, -0.15) is 9.36 Å². The molecule has 1 aliphatic heterocycles. The van der Waals surface area contributed by atoms with E-state index in [4.69, 9.17) is 15.2 Å². The van der Waals surface area contributed by atoms with E-state index in [0.29, 0.717) is 19.1 Å². The van der Waals surface area contributed by atoms with Gasteiger partial charge in [-0.05, 0) is 0 Å². The lowest BCUT2D eigenvalue weighted by Gasteiger charge is -2.25. The lowest BCUT2D eigenvalue weighted by atomic mass is 10.0. The van der Waals surface area contributed by atoms with Crippen LogP contribution >= 0.6 is 11.5 Å². The number of ether oxygens (including phenoxy) is 2. The van der Waals surface area contributed by atoms with Gasteiger partial charge in [0.25, 0.3) is 0 Å². The minimum atomic E-state index is -0.236. The summed E-state index contributed by atoms with van der Waals surface area (Å²) in [4.78, 5) is 4.01. The number of hydrogen-bond donors (Lipinski definition) is 2. The van der Waals surface area contributed by atoms with Gasteiger partial charge in [0.05, 0.1) is 6.61 Å². The van der Waals surface area contributed by atoms with Gasteiger partial charge in [-0.15, -0.1) is 0 Å². The van der Waals surface area contributed by atoms with Gasteiger partial charge in [0.2, 0.25) is 11.1 Å². The number of anilines is 2. The summed E-state index contributed by atoms with van der Waals surface area (Å²) in [5.74, 6) is 0.302. The Bertz CT molecular complexity index is 324. The zero-order chi connectivity index (χ0) is 10.7. The van der Waals surface area contributed by atoms with Crippen LogP contribution in [0.1, 0.15) is 6.42 Å². The summed E-state index contributed by atoms with van der Waals surface area (Å²) < 4.78 is 14.7. The molecule has 84 valence electrons. The number of rotatable bonds is 4. The Labute approximate surface area is 92.0 Å². The summed E-state index contributed by atoms with van der Waals surface area (Å²) in [5, 5.41) is 3.88. The van der Waals surface area contributed by atoms with Crippen LogP contribution in [-0.2, 0) is 9.47 Å². The molecule has 0 saturated carbocycles. The third-order valence-corrected chi connectivity index (χ3v) is 3.19. The van der Waals surface area contributed by atoms with Crippen molar-refractivity contribution in [2.75, 3.05) is 37.9 Å². The fourth-order valence-electron chi connectivity index (χ4n) is 1.50. The molecule has 1 unspecified atom stereocenters. The van der Waals surface area contributed by atoms with Crippen LogP contribution in [0.2, 0.25) is 0 Å². The van der Waals surface area contributed by atoms with E-state index in [9.17, 15) is 0 Å². The number of nitrogen functional groups attached to an aromatic ring is 1. The van der Waals surface area contributed by atoms with E-state index in [1.165, 1.54) is 11.5 Å². The first kappa shape index (κ1) is 10.6. The first-order chi connectivity index (χ1) is 7.24. The summed E-state index contributed by atoms with van der Waals surface area (Å²) >= 11 is 1.25. The van der Waals surface area contributed by atoms with Crippen molar-refractivity contribution in [2.45, 2.75) is 12.0 Å². The Balaban J connectivity index is 1.91. The van der Waals surface area contributed by atoms with Gasteiger partial charge in [0.1, 0.15) is 5.60 Å². The topological polar surface area (TPSA) is 82.3 Å². The Morgan fingerprint density at radius 2 is 2.60 bits per heavy atom. The van der Waals surface area contributed by atoms with Crippen LogP contribution in [0.4, 0.5) is 11.1 Å². The number of aromatic nitrogens is 2. The minimum Gasteiger partial charge on any atom is -0.378 e. The van der Waals surface area contributed by atoms with Gasteiger partial charge in [-0.3, -0.25) is 0 Å². The Morgan fingerprint density at radius 1 is 1.73 bits per heavy atom. The largest absolute Gasteiger partial charge is 0.378 e. The van der Waals surface area contributed by atoms with E-state index in [0.717, 1.165) is 18.2 Å². The summed E-state index contributed by atoms with van der Waals surface area (Å²) in [6, 6.07) is 0. The molecular weight excluding hydrogens is 216 g/mol. The van der Waals surface area contributed by atoms with E-state index in [-0.39, 0.29) is 5.60 Å². The smallest absolute Gasteiger partial charge is 0.233 e. The monoisotopic (exact) mass is 230 g/mol. The first-order valence-corrected chi connectivity index (χ1v) is 5.47. The number of nitrogens with zero attached hydrogens (tertiary/aromatic N) is 2. The second kappa shape index (κ2) is 4.30. The molecule has 0 aliphatic carbocycles. The van der Waals surface area contributed by atoms with Crippen molar-refractivity contribution in [3.63, 3.8) is 0 Å². The van der Waals surface area contributed by atoms with E-state index < -0.39 is 0 Å². The molecule has 1 aliphatic rings. The average Bonchev–Trinajstić information content (AvgIpc) is 2.85. The Hall–Kier alpha value is -0.920. The summed E-state index contributed by atoms with van der Waals surface area (Å²) in [7, 11) is 1.70. The third-order valence-electron chi connectivity index (χ3n) is 2.50. The third kappa shape index (κ3) is 2.36. The average molecular weight is 230 g/mol. The fraction of sp³-hybridized carbons (Fsp3) is 0.750. The zero-order valence-electron chi connectivity index (χ0n) is 8.52. The van der Waals surface area contributed by atoms with Crippen molar-refractivity contribution < 1.29 is 9.47 Å². The maximum absolute atomic E-state index is 5.46. The van der Waals surface area contributed by atoms with Crippen molar-refractivity contribution in [2.24, 2.45) is 0 Å². The predicted molar refractivity (Wildman–Crippen MR) is 58.0 cm³/mol. The molecule has 0 bridgehead atoms. The van der Waals surface area contributed by atoms with Gasteiger partial charge < -0.3 is 20.5 Å². The Kier molecular flexibility index (Phi) is 3.03. The molecule has 2 heterocycles. The molecule has 1 fully saturated rings. The SMILES string of the molecule is COC1(CNc2nc(N)ns2)CCOC1. The van der Waals surface area contributed by atoms with Gasteiger partial charge in [-0.25, -0.2) is 0 Å². The molecule has 0 spiro atoms. The molecule has 2 rings (SSSR count). The predicted octanol–water partition coefficient (Wildman–Crippen LogP) is 0.338. The molecule has 0 amide bonds. The highest BCUT2D eigenvalue weighted by Crippen LogP contribution is 2.23. The van der Waals surface area contributed by atoms with Crippen LogP contribution in [0.5, 0.6) is 0 Å². The molecule has 1 atom stereocenters. The van der Waals surface area contributed by atoms with Crippen LogP contribution in [0.25, 0.3) is 0 Å². The van der Waals surface area contributed by atoms with Gasteiger partial charge in [-0.1, -0.05) is 0 Å². The molecule has 3 N–H and O–H groups in total. The molecule has 0 radical (unpaired) electrons. The molecule has 0 aromatic carbocycles. The molecule has 1 saturated heterocycles. The summed E-state index contributed by atoms with van der Waals surface area (Å²) in [6.45, 7) is 2.02. The zero-order valence-corrected chi connectivity index (χ0v) is 9.34. The normalized spacial score (nSPS) is 25.7. The number of methoxy groups -OCH3 is 1. The second-order valence-electron chi connectivity index (χ2n) is 3.50. The maximum atomic E-state index is 5.46. The number of nitrogens with one attached hydrogen (secondary N) is 1. The summed E-state index contributed by atoms with van der Waals surface area (Å²) in [6.07, 6.45) is 0.894. The number of hydrogen-bond acceptors (Lipinski definition) is 7. The highest BCUT2D eigenvalue weighted by molar-refractivity contribution is 7.09. The van der Waals surface area contributed by atoms with Crippen LogP contribution in [0.15, 0.2) is 0 Å².